The van der Waals surface area contributed by atoms with Gasteiger partial charge in [0.25, 0.3) is 10.1 Å². The lowest BCUT2D eigenvalue weighted by atomic mass is 9.92. The largest absolute Gasteiger partial charge is 0.287 e. The van der Waals surface area contributed by atoms with Crippen LogP contribution in [0.25, 0.3) is 33.7 Å². The predicted octanol–water partition coefficient (Wildman–Crippen LogP) is 4.49. The Labute approximate surface area is 129 Å². The molecule has 0 saturated carbocycles. The van der Waals surface area contributed by atoms with E-state index < -0.39 is 10.1 Å². The Morgan fingerprint density at radius 1 is 0.818 bits per heavy atom. The average molecular weight is 310 g/mol. The number of rotatable bonds is 3. The molecule has 1 N–H and O–H groups in total. The lowest BCUT2D eigenvalue weighted by Gasteiger charge is -2.12. The van der Waals surface area contributed by atoms with Crippen LogP contribution in [0, 0.1) is 0 Å². The molecule has 0 heterocycles. The van der Waals surface area contributed by atoms with Crippen molar-refractivity contribution < 1.29 is 13.0 Å². The van der Waals surface area contributed by atoms with Crippen molar-refractivity contribution in [3.8, 4) is 0 Å². The molecule has 0 aliphatic rings. The number of hydrogen-bond donors (Lipinski definition) is 1. The minimum atomic E-state index is -4.18. The maximum Gasteiger partial charge on any atom is 0.287 e. The third-order valence-corrected chi connectivity index (χ3v) is 4.11. The summed E-state index contributed by atoms with van der Waals surface area (Å²) in [5.41, 5.74) is 1.77. The maximum absolute atomic E-state index is 11.1. The average Bonchev–Trinajstić information content (AvgIpc) is 2.50. The third kappa shape index (κ3) is 2.54. The smallest absolute Gasteiger partial charge is 0.282 e. The quantitative estimate of drug-likeness (QED) is 0.572. The lowest BCUT2D eigenvalue weighted by molar-refractivity contribution is 0.494. The summed E-state index contributed by atoms with van der Waals surface area (Å²) < 4.78 is 31.1. The second-order valence-corrected chi connectivity index (χ2v) is 6.24. The van der Waals surface area contributed by atoms with Crippen molar-refractivity contribution in [3.05, 3.63) is 71.6 Å². The fourth-order valence-corrected chi connectivity index (χ4v) is 3.06. The summed E-state index contributed by atoms with van der Waals surface area (Å²) in [4.78, 5) is 0. The Morgan fingerprint density at radius 3 is 1.59 bits per heavy atom. The highest BCUT2D eigenvalue weighted by Crippen LogP contribution is 2.34. The molecule has 3 aromatic rings. The zero-order valence-corrected chi connectivity index (χ0v) is 12.5. The molecule has 3 aromatic carbocycles. The molecule has 0 aromatic heterocycles. The molecule has 0 unspecified atom stereocenters. The van der Waals surface area contributed by atoms with Gasteiger partial charge in [0, 0.05) is 0 Å². The van der Waals surface area contributed by atoms with Gasteiger partial charge in [0.2, 0.25) is 0 Å². The molecule has 0 saturated heterocycles. The van der Waals surface area contributed by atoms with Crippen molar-refractivity contribution in [1.29, 1.82) is 0 Å². The first-order valence-corrected chi connectivity index (χ1v) is 8.23. The van der Waals surface area contributed by atoms with Crippen LogP contribution in [0.5, 0.6) is 0 Å². The van der Waals surface area contributed by atoms with Crippen LogP contribution in [-0.2, 0) is 10.1 Å². The van der Waals surface area contributed by atoms with Gasteiger partial charge >= 0.3 is 0 Å². The van der Waals surface area contributed by atoms with Gasteiger partial charge in [-0.25, -0.2) is 0 Å². The van der Waals surface area contributed by atoms with E-state index in [-0.39, 0.29) is 0 Å². The molecule has 0 radical (unpaired) electrons. The zero-order chi connectivity index (χ0) is 15.7. The van der Waals surface area contributed by atoms with Crippen LogP contribution >= 0.6 is 0 Å². The molecule has 0 bridgehead atoms. The minimum absolute atomic E-state index is 0.759. The van der Waals surface area contributed by atoms with E-state index in [1.165, 1.54) is 6.08 Å². The summed E-state index contributed by atoms with van der Waals surface area (Å²) in [5.74, 6) is 0. The Hall–Kier alpha value is -2.43. The van der Waals surface area contributed by atoms with Crippen LogP contribution in [0.4, 0.5) is 0 Å². The molecule has 0 atom stereocenters. The third-order valence-electron chi connectivity index (χ3n) is 3.63. The van der Waals surface area contributed by atoms with Crippen molar-refractivity contribution in [2.24, 2.45) is 0 Å². The van der Waals surface area contributed by atoms with E-state index in [2.05, 4.69) is 6.58 Å². The summed E-state index contributed by atoms with van der Waals surface area (Å²) in [6.45, 7) is 3.89. The van der Waals surface area contributed by atoms with Crippen molar-refractivity contribution >= 4 is 43.8 Å². The summed E-state index contributed by atoms with van der Waals surface area (Å²) in [5, 5.41) is 4.62. The van der Waals surface area contributed by atoms with Gasteiger partial charge in [0.05, 0.1) is 5.41 Å². The zero-order valence-electron chi connectivity index (χ0n) is 11.7. The Balaban J connectivity index is 2.52. The molecule has 4 heteroatoms. The molecule has 0 aliphatic heterocycles. The van der Waals surface area contributed by atoms with Crippen LogP contribution in [0.15, 0.2) is 60.5 Å². The van der Waals surface area contributed by atoms with Crippen molar-refractivity contribution in [2.75, 3.05) is 0 Å². The topological polar surface area (TPSA) is 54.4 Å². The van der Waals surface area contributed by atoms with Crippen LogP contribution in [-0.4, -0.2) is 13.0 Å². The number of fused-ring (bicyclic) bond motifs is 2. The first-order chi connectivity index (χ1) is 10.5. The first kappa shape index (κ1) is 14.5. The highest BCUT2D eigenvalue weighted by molar-refractivity contribution is 7.88. The Morgan fingerprint density at radius 2 is 1.23 bits per heavy atom. The van der Waals surface area contributed by atoms with E-state index >= 15 is 0 Å². The van der Waals surface area contributed by atoms with Gasteiger partial charge in [0.15, 0.2) is 0 Å². The SMILES string of the molecule is C=Cc1c2ccccc2c(/C=C/S(=O)(=O)O)c2ccccc12. The van der Waals surface area contributed by atoms with Crippen LogP contribution in [0.3, 0.4) is 0 Å². The first-order valence-electron chi connectivity index (χ1n) is 6.73. The second kappa shape index (κ2) is 5.40. The van der Waals surface area contributed by atoms with Gasteiger partial charge in [-0.1, -0.05) is 61.2 Å². The summed E-state index contributed by atoms with van der Waals surface area (Å²) in [7, 11) is -4.18. The van der Waals surface area contributed by atoms with Crippen molar-refractivity contribution in [2.45, 2.75) is 0 Å². The molecule has 22 heavy (non-hydrogen) atoms. The van der Waals surface area contributed by atoms with Crippen LogP contribution < -0.4 is 0 Å². The van der Waals surface area contributed by atoms with Crippen molar-refractivity contribution in [1.82, 2.24) is 0 Å². The minimum Gasteiger partial charge on any atom is -0.282 e. The Bertz CT molecular complexity index is 958. The summed E-state index contributed by atoms with van der Waals surface area (Å²) in [6.07, 6.45) is 3.24. The highest BCUT2D eigenvalue weighted by atomic mass is 32.2. The molecule has 0 aliphatic carbocycles. The van der Waals surface area contributed by atoms with Gasteiger partial charge in [0.1, 0.15) is 0 Å². The standard InChI is InChI=1S/C18H14O3S/c1-2-13-14-7-3-5-9-16(14)18(11-12-22(19,20)21)17-10-6-4-8-15(13)17/h2-12H,1H2,(H,19,20,21)/b12-11+. The molecular formula is C18H14O3S. The molecule has 110 valence electrons. The normalized spacial score (nSPS) is 12.2. The summed E-state index contributed by atoms with van der Waals surface area (Å²) >= 11 is 0. The monoisotopic (exact) mass is 310 g/mol. The molecule has 3 nitrogen and oxygen atoms in total. The predicted molar refractivity (Wildman–Crippen MR) is 92.1 cm³/mol. The van der Waals surface area contributed by atoms with Gasteiger partial charge in [-0.15, -0.1) is 0 Å². The molecule has 0 fully saturated rings. The molecule has 0 amide bonds. The highest BCUT2D eigenvalue weighted by Gasteiger charge is 2.10. The van der Waals surface area contributed by atoms with Crippen LogP contribution in [0.2, 0.25) is 0 Å². The van der Waals surface area contributed by atoms with Gasteiger partial charge in [-0.3, -0.25) is 4.55 Å². The molecule has 3 rings (SSSR count). The second-order valence-electron chi connectivity index (χ2n) is 4.94. The number of benzene rings is 3. The fourth-order valence-electron chi connectivity index (χ4n) is 2.75. The van der Waals surface area contributed by atoms with Gasteiger partial charge in [-0.2, -0.15) is 8.42 Å². The molecule has 0 spiro atoms. The summed E-state index contributed by atoms with van der Waals surface area (Å²) in [6, 6.07) is 15.5. The fraction of sp³-hybridized carbons (Fsp3) is 0. The van der Waals surface area contributed by atoms with E-state index in [0.717, 1.165) is 38.1 Å². The van der Waals surface area contributed by atoms with Gasteiger partial charge < -0.3 is 0 Å². The van der Waals surface area contributed by atoms with E-state index in [1.54, 1.807) is 6.08 Å². The van der Waals surface area contributed by atoms with E-state index in [1.807, 2.05) is 48.5 Å². The van der Waals surface area contributed by atoms with Gasteiger partial charge in [-0.05, 0) is 38.7 Å². The number of hydrogen-bond acceptors (Lipinski definition) is 2. The lowest BCUT2D eigenvalue weighted by Crippen LogP contribution is -1.91. The Kier molecular flexibility index (Phi) is 3.56. The van der Waals surface area contributed by atoms with Crippen molar-refractivity contribution in [3.63, 3.8) is 0 Å². The van der Waals surface area contributed by atoms with E-state index in [0.29, 0.717) is 0 Å². The molecular weight excluding hydrogens is 296 g/mol. The van der Waals surface area contributed by atoms with E-state index in [9.17, 15) is 8.42 Å². The van der Waals surface area contributed by atoms with Crippen LogP contribution in [0.1, 0.15) is 11.1 Å². The van der Waals surface area contributed by atoms with E-state index in [4.69, 9.17) is 4.55 Å². The maximum atomic E-state index is 11.1.